The van der Waals surface area contributed by atoms with Crippen LogP contribution in [0.4, 0.5) is 5.82 Å². The molecule has 1 amide bonds. The Morgan fingerprint density at radius 3 is 2.59 bits per heavy atom. The predicted molar refractivity (Wildman–Crippen MR) is 70.5 cm³/mol. The third kappa shape index (κ3) is 4.60. The monoisotopic (exact) mass is 254 g/mol. The summed E-state index contributed by atoms with van der Waals surface area (Å²) in [6.45, 7) is 5.49. The van der Waals surface area contributed by atoms with Crippen LogP contribution in [-0.4, -0.2) is 39.6 Å². The maximum absolute atomic E-state index is 11.7. The molecule has 0 aliphatic carbocycles. The van der Waals surface area contributed by atoms with Crippen LogP contribution in [0, 0.1) is 0 Å². The largest absolute Gasteiger partial charge is 0.382 e. The normalized spacial score (nSPS) is 10.2. The van der Waals surface area contributed by atoms with Crippen molar-refractivity contribution in [3.05, 3.63) is 18.1 Å². The minimum absolute atomic E-state index is 0.170. The lowest BCUT2D eigenvalue weighted by atomic mass is 10.5. The van der Waals surface area contributed by atoms with Crippen LogP contribution in [0.5, 0.6) is 0 Å². The number of nitrogens with zero attached hydrogens (tertiary/aromatic N) is 3. The Morgan fingerprint density at radius 1 is 1.35 bits per heavy atom. The van der Waals surface area contributed by atoms with Gasteiger partial charge in [0.2, 0.25) is 5.91 Å². The van der Waals surface area contributed by atoms with E-state index in [4.69, 9.17) is 5.73 Å². The first-order valence-electron chi connectivity index (χ1n) is 5.59. The van der Waals surface area contributed by atoms with Crippen molar-refractivity contribution in [2.75, 3.05) is 24.6 Å². The van der Waals surface area contributed by atoms with E-state index in [0.29, 0.717) is 17.3 Å². The second kappa shape index (κ2) is 7.11. The number of anilines is 1. The molecule has 5 nitrogen and oxygen atoms in total. The number of carbonyl (C=O) groups excluding carboxylic acids is 1. The number of nitrogens with two attached hydrogens (primary N) is 1. The highest BCUT2D eigenvalue weighted by Crippen LogP contribution is 2.10. The van der Waals surface area contributed by atoms with Crippen molar-refractivity contribution < 1.29 is 4.79 Å². The van der Waals surface area contributed by atoms with Crippen molar-refractivity contribution in [2.45, 2.75) is 19.6 Å². The van der Waals surface area contributed by atoms with Crippen LogP contribution >= 0.6 is 11.8 Å². The SMILES string of the molecule is CCN(CC)C(=O)CSCc1cnc(N)cn1. The van der Waals surface area contributed by atoms with Crippen molar-refractivity contribution in [3.8, 4) is 0 Å². The van der Waals surface area contributed by atoms with E-state index < -0.39 is 0 Å². The summed E-state index contributed by atoms with van der Waals surface area (Å²) in [6.07, 6.45) is 3.17. The van der Waals surface area contributed by atoms with Crippen molar-refractivity contribution in [3.63, 3.8) is 0 Å². The molecule has 1 heterocycles. The summed E-state index contributed by atoms with van der Waals surface area (Å²) in [5.74, 6) is 1.75. The molecule has 17 heavy (non-hydrogen) atoms. The zero-order chi connectivity index (χ0) is 12.7. The Morgan fingerprint density at radius 2 is 2.06 bits per heavy atom. The number of nitrogen functional groups attached to an aromatic ring is 1. The highest BCUT2D eigenvalue weighted by molar-refractivity contribution is 7.99. The Balaban J connectivity index is 2.32. The molecule has 94 valence electrons. The van der Waals surface area contributed by atoms with Crippen LogP contribution in [0.1, 0.15) is 19.5 Å². The van der Waals surface area contributed by atoms with E-state index in [1.54, 1.807) is 18.0 Å². The van der Waals surface area contributed by atoms with Gasteiger partial charge in [-0.1, -0.05) is 0 Å². The number of hydrogen-bond acceptors (Lipinski definition) is 5. The minimum atomic E-state index is 0.170. The summed E-state index contributed by atoms with van der Waals surface area (Å²) >= 11 is 1.54. The van der Waals surface area contributed by atoms with E-state index in [0.717, 1.165) is 18.8 Å². The summed E-state index contributed by atoms with van der Waals surface area (Å²) in [7, 11) is 0. The van der Waals surface area contributed by atoms with Crippen molar-refractivity contribution in [1.82, 2.24) is 14.9 Å². The molecule has 0 aliphatic rings. The number of hydrogen-bond donors (Lipinski definition) is 1. The second-order valence-electron chi connectivity index (χ2n) is 3.49. The highest BCUT2D eigenvalue weighted by atomic mass is 32.2. The second-order valence-corrected chi connectivity index (χ2v) is 4.48. The zero-order valence-electron chi connectivity index (χ0n) is 10.2. The van der Waals surface area contributed by atoms with Gasteiger partial charge in [0, 0.05) is 18.8 Å². The summed E-state index contributed by atoms with van der Waals surface area (Å²) in [6, 6.07) is 0. The molecule has 0 bridgehead atoms. The van der Waals surface area contributed by atoms with Crippen LogP contribution in [0.15, 0.2) is 12.4 Å². The molecule has 2 N–H and O–H groups in total. The highest BCUT2D eigenvalue weighted by Gasteiger charge is 2.09. The molecule has 6 heteroatoms. The third-order valence-electron chi connectivity index (χ3n) is 2.32. The van der Waals surface area contributed by atoms with Crippen LogP contribution in [0.2, 0.25) is 0 Å². The lowest BCUT2D eigenvalue weighted by Crippen LogP contribution is -2.31. The number of thioether (sulfide) groups is 1. The van der Waals surface area contributed by atoms with Gasteiger partial charge < -0.3 is 10.6 Å². The first-order valence-corrected chi connectivity index (χ1v) is 6.74. The molecule has 1 aromatic rings. The molecule has 1 rings (SSSR count). The van der Waals surface area contributed by atoms with Gasteiger partial charge in [0.1, 0.15) is 5.82 Å². The molecule has 1 aromatic heterocycles. The van der Waals surface area contributed by atoms with E-state index in [9.17, 15) is 4.79 Å². The summed E-state index contributed by atoms with van der Waals surface area (Å²) in [5.41, 5.74) is 6.28. The number of carbonyl (C=O) groups is 1. The van der Waals surface area contributed by atoms with Gasteiger partial charge in [-0.3, -0.25) is 9.78 Å². The molecule has 0 atom stereocenters. The zero-order valence-corrected chi connectivity index (χ0v) is 11.0. The topological polar surface area (TPSA) is 72.1 Å². The Hall–Kier alpha value is -1.30. The smallest absolute Gasteiger partial charge is 0.232 e. The van der Waals surface area contributed by atoms with E-state index in [2.05, 4.69) is 9.97 Å². The molecule has 0 spiro atoms. The van der Waals surface area contributed by atoms with Gasteiger partial charge in [0.05, 0.1) is 23.8 Å². The number of aromatic nitrogens is 2. The Kier molecular flexibility index (Phi) is 5.76. The fourth-order valence-corrected chi connectivity index (χ4v) is 2.17. The predicted octanol–water partition coefficient (Wildman–Crippen LogP) is 1.16. The van der Waals surface area contributed by atoms with Crippen LogP contribution in [-0.2, 0) is 10.5 Å². The first kappa shape index (κ1) is 13.8. The maximum Gasteiger partial charge on any atom is 0.232 e. The maximum atomic E-state index is 11.7. The summed E-state index contributed by atoms with van der Waals surface area (Å²) in [4.78, 5) is 21.6. The lowest BCUT2D eigenvalue weighted by molar-refractivity contribution is -0.127. The summed E-state index contributed by atoms with van der Waals surface area (Å²) in [5, 5.41) is 0. The fraction of sp³-hybridized carbons (Fsp3) is 0.545. The van der Waals surface area contributed by atoms with Crippen LogP contribution in [0.3, 0.4) is 0 Å². The molecule has 0 saturated carbocycles. The van der Waals surface area contributed by atoms with Gasteiger partial charge in [-0.25, -0.2) is 4.98 Å². The van der Waals surface area contributed by atoms with Gasteiger partial charge in [-0.15, -0.1) is 11.8 Å². The van der Waals surface area contributed by atoms with E-state index in [1.165, 1.54) is 6.20 Å². The number of rotatable bonds is 6. The molecule has 0 aromatic carbocycles. The van der Waals surface area contributed by atoms with Gasteiger partial charge in [0.25, 0.3) is 0 Å². The summed E-state index contributed by atoms with van der Waals surface area (Å²) < 4.78 is 0. The van der Waals surface area contributed by atoms with E-state index >= 15 is 0 Å². The van der Waals surface area contributed by atoms with Crippen molar-refractivity contribution in [2.24, 2.45) is 0 Å². The Bertz CT molecular complexity index is 351. The van der Waals surface area contributed by atoms with Crippen LogP contribution in [0.25, 0.3) is 0 Å². The average molecular weight is 254 g/mol. The minimum Gasteiger partial charge on any atom is -0.382 e. The van der Waals surface area contributed by atoms with Crippen molar-refractivity contribution in [1.29, 1.82) is 0 Å². The van der Waals surface area contributed by atoms with Gasteiger partial charge >= 0.3 is 0 Å². The molecule has 0 saturated heterocycles. The lowest BCUT2D eigenvalue weighted by Gasteiger charge is -2.17. The fourth-order valence-electron chi connectivity index (χ4n) is 1.35. The molecule has 0 aliphatic heterocycles. The average Bonchev–Trinajstić information content (AvgIpc) is 2.33. The van der Waals surface area contributed by atoms with Crippen LogP contribution < -0.4 is 5.73 Å². The Labute approximate surface area is 106 Å². The van der Waals surface area contributed by atoms with Gasteiger partial charge in [-0.05, 0) is 13.8 Å². The molecular formula is C11H18N4OS. The third-order valence-corrected chi connectivity index (χ3v) is 3.27. The van der Waals surface area contributed by atoms with Gasteiger partial charge in [-0.2, -0.15) is 0 Å². The molecule has 0 radical (unpaired) electrons. The van der Waals surface area contributed by atoms with Crippen molar-refractivity contribution >= 4 is 23.5 Å². The molecule has 0 fully saturated rings. The standard InChI is InChI=1S/C11H18N4OS/c1-3-15(4-2)11(16)8-17-7-9-5-14-10(12)6-13-9/h5-6H,3-4,7-8H2,1-2H3,(H2,12,14). The first-order chi connectivity index (χ1) is 8.17. The van der Waals surface area contributed by atoms with E-state index in [-0.39, 0.29) is 5.91 Å². The number of amides is 1. The molecular weight excluding hydrogens is 236 g/mol. The molecule has 0 unspecified atom stereocenters. The van der Waals surface area contributed by atoms with E-state index in [1.807, 2.05) is 18.7 Å². The van der Waals surface area contributed by atoms with Gasteiger partial charge in [0.15, 0.2) is 0 Å². The quantitative estimate of drug-likeness (QED) is 0.824.